The molecule has 2 aromatic carbocycles. The predicted molar refractivity (Wildman–Crippen MR) is 132 cm³/mol. The van der Waals surface area contributed by atoms with Crippen molar-refractivity contribution >= 4 is 45.1 Å². The molecule has 2 rings (SSSR count). The lowest BCUT2D eigenvalue weighted by Crippen LogP contribution is -2.49. The van der Waals surface area contributed by atoms with Crippen LogP contribution in [0, 0.1) is 0 Å². The SMILES string of the molecule is CCCOc1ccc(Br)cc1C(=O)NC(=S)NNC(=O)COc1ccc(C(C)CC)cc1. The topological polar surface area (TPSA) is 88.7 Å². The Bertz CT molecular complexity index is 937. The van der Waals surface area contributed by atoms with Crippen LogP contribution in [0.3, 0.4) is 0 Å². The van der Waals surface area contributed by atoms with E-state index in [0.717, 1.165) is 17.3 Å². The van der Waals surface area contributed by atoms with E-state index in [1.807, 2.05) is 31.2 Å². The molecule has 0 bridgehead atoms. The zero-order valence-electron chi connectivity index (χ0n) is 18.4. The monoisotopic (exact) mass is 521 g/mol. The van der Waals surface area contributed by atoms with Crippen molar-refractivity contribution in [2.24, 2.45) is 0 Å². The van der Waals surface area contributed by atoms with Crippen LogP contribution in [0.2, 0.25) is 0 Å². The second-order valence-corrected chi connectivity index (χ2v) is 8.44. The first-order chi connectivity index (χ1) is 15.3. The van der Waals surface area contributed by atoms with Gasteiger partial charge in [-0.1, -0.05) is 48.8 Å². The number of benzene rings is 2. The number of carbonyl (C=O) groups excluding carboxylic acids is 2. The molecular formula is C23H28BrN3O4S. The van der Waals surface area contributed by atoms with Gasteiger partial charge in [-0.15, -0.1) is 0 Å². The maximum atomic E-state index is 12.6. The number of carbonyl (C=O) groups is 2. The Morgan fingerprint density at radius 3 is 2.44 bits per heavy atom. The maximum Gasteiger partial charge on any atom is 0.276 e. The molecule has 0 fully saturated rings. The standard InChI is InChI=1S/C23H28BrN3O4S/c1-4-12-30-20-11-8-17(24)13-19(20)22(29)25-23(32)27-26-21(28)14-31-18-9-6-16(7-10-18)15(3)5-2/h6-11,13,15H,4-5,12,14H2,1-3H3,(H,26,28)(H2,25,27,29,32). The van der Waals surface area contributed by atoms with Gasteiger partial charge in [0, 0.05) is 4.47 Å². The largest absolute Gasteiger partial charge is 0.493 e. The van der Waals surface area contributed by atoms with Crippen LogP contribution in [0.4, 0.5) is 0 Å². The van der Waals surface area contributed by atoms with Crippen molar-refractivity contribution in [1.82, 2.24) is 16.2 Å². The number of hydrogen-bond acceptors (Lipinski definition) is 5. The fourth-order valence-corrected chi connectivity index (χ4v) is 3.16. The molecule has 0 aromatic heterocycles. The highest BCUT2D eigenvalue weighted by Gasteiger charge is 2.15. The Morgan fingerprint density at radius 1 is 1.06 bits per heavy atom. The smallest absolute Gasteiger partial charge is 0.276 e. The van der Waals surface area contributed by atoms with Gasteiger partial charge in [0.2, 0.25) is 0 Å². The van der Waals surface area contributed by atoms with E-state index in [9.17, 15) is 9.59 Å². The number of halogens is 1. The van der Waals surface area contributed by atoms with E-state index in [0.29, 0.717) is 29.6 Å². The maximum absolute atomic E-state index is 12.6. The molecule has 2 amide bonds. The molecule has 1 unspecified atom stereocenters. The Balaban J connectivity index is 1.80. The van der Waals surface area contributed by atoms with E-state index in [-0.39, 0.29) is 11.7 Å². The van der Waals surface area contributed by atoms with Gasteiger partial charge < -0.3 is 9.47 Å². The lowest BCUT2D eigenvalue weighted by molar-refractivity contribution is -0.123. The van der Waals surface area contributed by atoms with Gasteiger partial charge in [0.1, 0.15) is 11.5 Å². The van der Waals surface area contributed by atoms with E-state index in [2.05, 4.69) is 45.9 Å². The third kappa shape index (κ3) is 8.12. The minimum atomic E-state index is -0.457. The molecule has 3 N–H and O–H groups in total. The van der Waals surface area contributed by atoms with Gasteiger partial charge in [-0.3, -0.25) is 25.8 Å². The van der Waals surface area contributed by atoms with Crippen molar-refractivity contribution in [2.75, 3.05) is 13.2 Å². The first kappa shape index (κ1) is 25.6. The number of ether oxygens (including phenoxy) is 2. The van der Waals surface area contributed by atoms with Crippen LogP contribution in [0.1, 0.15) is 55.5 Å². The number of hydrazine groups is 1. The van der Waals surface area contributed by atoms with Crippen molar-refractivity contribution in [2.45, 2.75) is 39.5 Å². The quantitative estimate of drug-likeness (QED) is 0.333. The van der Waals surface area contributed by atoms with E-state index in [1.54, 1.807) is 18.2 Å². The van der Waals surface area contributed by atoms with Crippen LogP contribution in [-0.4, -0.2) is 30.1 Å². The number of nitrogens with one attached hydrogen (secondary N) is 3. The summed E-state index contributed by atoms with van der Waals surface area (Å²) in [5, 5.41) is 2.46. The van der Waals surface area contributed by atoms with E-state index in [4.69, 9.17) is 21.7 Å². The number of rotatable bonds is 9. The lowest BCUT2D eigenvalue weighted by atomic mass is 9.99. The number of thiocarbonyl (C=S) groups is 1. The Morgan fingerprint density at radius 2 is 1.78 bits per heavy atom. The molecule has 1 atom stereocenters. The zero-order chi connectivity index (χ0) is 23.5. The van der Waals surface area contributed by atoms with Crippen LogP contribution < -0.4 is 25.6 Å². The minimum Gasteiger partial charge on any atom is -0.493 e. The summed E-state index contributed by atoms with van der Waals surface area (Å²) in [5.41, 5.74) is 6.44. The number of amides is 2. The molecule has 2 aromatic rings. The van der Waals surface area contributed by atoms with Crippen LogP contribution in [0.5, 0.6) is 11.5 Å². The second kappa shape index (κ2) is 13.0. The van der Waals surface area contributed by atoms with Crippen LogP contribution in [0.15, 0.2) is 46.9 Å². The van der Waals surface area contributed by atoms with Crippen molar-refractivity contribution in [3.63, 3.8) is 0 Å². The summed E-state index contributed by atoms with van der Waals surface area (Å²) in [5.74, 6) is 0.618. The van der Waals surface area contributed by atoms with Crippen molar-refractivity contribution in [3.8, 4) is 11.5 Å². The molecule has 7 nitrogen and oxygen atoms in total. The molecule has 0 spiro atoms. The third-order valence-corrected chi connectivity index (χ3v) is 5.32. The van der Waals surface area contributed by atoms with Crippen LogP contribution in [0.25, 0.3) is 0 Å². The van der Waals surface area contributed by atoms with Crippen molar-refractivity contribution in [1.29, 1.82) is 0 Å². The average molecular weight is 522 g/mol. The van der Waals surface area contributed by atoms with E-state index >= 15 is 0 Å². The predicted octanol–water partition coefficient (Wildman–Crippen LogP) is 4.47. The first-order valence-corrected chi connectivity index (χ1v) is 11.6. The molecule has 0 heterocycles. The molecule has 172 valence electrons. The Hall–Kier alpha value is -2.65. The van der Waals surface area contributed by atoms with Crippen molar-refractivity contribution in [3.05, 3.63) is 58.1 Å². The van der Waals surface area contributed by atoms with Gasteiger partial charge in [0.05, 0.1) is 12.2 Å². The molecule has 0 radical (unpaired) electrons. The van der Waals surface area contributed by atoms with Gasteiger partial charge in [0.15, 0.2) is 11.7 Å². The fourth-order valence-electron chi connectivity index (χ4n) is 2.66. The molecule has 0 aliphatic rings. The summed E-state index contributed by atoms with van der Waals surface area (Å²) in [6.45, 7) is 6.56. The lowest BCUT2D eigenvalue weighted by Gasteiger charge is -2.14. The van der Waals surface area contributed by atoms with Gasteiger partial charge in [-0.25, -0.2) is 0 Å². The highest BCUT2D eigenvalue weighted by molar-refractivity contribution is 9.10. The summed E-state index contributed by atoms with van der Waals surface area (Å²) in [6, 6.07) is 12.8. The highest BCUT2D eigenvalue weighted by Crippen LogP contribution is 2.23. The summed E-state index contributed by atoms with van der Waals surface area (Å²) in [4.78, 5) is 24.6. The Kier molecular flexibility index (Phi) is 10.4. The summed E-state index contributed by atoms with van der Waals surface area (Å²) < 4.78 is 11.8. The Labute approximate surface area is 202 Å². The van der Waals surface area contributed by atoms with Gasteiger partial charge in [0.25, 0.3) is 11.8 Å². The zero-order valence-corrected chi connectivity index (χ0v) is 20.8. The highest BCUT2D eigenvalue weighted by atomic mass is 79.9. The molecular weight excluding hydrogens is 494 g/mol. The van der Waals surface area contributed by atoms with Crippen molar-refractivity contribution < 1.29 is 19.1 Å². The minimum absolute atomic E-state index is 0.0531. The fraction of sp³-hybridized carbons (Fsp3) is 0.348. The summed E-state index contributed by atoms with van der Waals surface area (Å²) in [6.07, 6.45) is 1.87. The first-order valence-electron chi connectivity index (χ1n) is 10.4. The normalized spacial score (nSPS) is 11.2. The van der Waals surface area contributed by atoms with Gasteiger partial charge >= 0.3 is 0 Å². The second-order valence-electron chi connectivity index (χ2n) is 7.11. The third-order valence-electron chi connectivity index (χ3n) is 4.62. The molecule has 0 aliphatic carbocycles. The molecule has 0 saturated heterocycles. The molecule has 0 aliphatic heterocycles. The average Bonchev–Trinajstić information content (AvgIpc) is 2.80. The van der Waals surface area contributed by atoms with Crippen LogP contribution >= 0.6 is 28.1 Å². The van der Waals surface area contributed by atoms with Crippen LogP contribution in [-0.2, 0) is 4.79 Å². The van der Waals surface area contributed by atoms with Gasteiger partial charge in [-0.2, -0.15) is 0 Å². The van der Waals surface area contributed by atoms with E-state index < -0.39 is 11.8 Å². The molecule has 9 heteroatoms. The molecule has 32 heavy (non-hydrogen) atoms. The summed E-state index contributed by atoms with van der Waals surface area (Å²) in [7, 11) is 0. The summed E-state index contributed by atoms with van der Waals surface area (Å²) >= 11 is 8.43. The number of hydrogen-bond donors (Lipinski definition) is 3. The van der Waals surface area contributed by atoms with E-state index in [1.165, 1.54) is 5.56 Å². The van der Waals surface area contributed by atoms with Gasteiger partial charge in [-0.05, 0) is 66.9 Å². The molecule has 0 saturated carbocycles.